The van der Waals surface area contributed by atoms with Crippen LogP contribution in [0, 0.1) is 13.8 Å². The van der Waals surface area contributed by atoms with E-state index in [4.69, 9.17) is 10.5 Å². The molecule has 0 amide bonds. The second kappa shape index (κ2) is 4.65. The molecule has 4 nitrogen and oxygen atoms in total. The van der Waals surface area contributed by atoms with E-state index in [2.05, 4.69) is 27.1 Å². The fraction of sp³-hybridized carbons (Fsp3) is 0.308. The van der Waals surface area contributed by atoms with Crippen LogP contribution in [0.5, 0.6) is 5.75 Å². The van der Waals surface area contributed by atoms with Crippen LogP contribution in [0.15, 0.2) is 16.7 Å². The van der Waals surface area contributed by atoms with Crippen LogP contribution >= 0.6 is 15.9 Å². The smallest absolute Gasteiger partial charge is 0.130 e. The maximum Gasteiger partial charge on any atom is 0.130 e. The van der Waals surface area contributed by atoms with Crippen LogP contribution in [0.4, 0.5) is 5.82 Å². The van der Waals surface area contributed by atoms with Gasteiger partial charge in [-0.15, -0.1) is 0 Å². The van der Waals surface area contributed by atoms with Gasteiger partial charge in [-0.3, -0.25) is 4.68 Å². The first-order valence-corrected chi connectivity index (χ1v) is 6.38. The third-order valence-corrected chi connectivity index (χ3v) is 4.06. The van der Waals surface area contributed by atoms with E-state index in [-0.39, 0.29) is 0 Å². The molecule has 5 heteroatoms. The van der Waals surface area contributed by atoms with Gasteiger partial charge < -0.3 is 10.5 Å². The minimum atomic E-state index is 0.624. The Labute approximate surface area is 115 Å². The van der Waals surface area contributed by atoms with Crippen LogP contribution in [0.1, 0.15) is 11.1 Å². The number of benzene rings is 1. The van der Waals surface area contributed by atoms with Gasteiger partial charge in [0.1, 0.15) is 11.6 Å². The number of nitrogens with two attached hydrogens (primary N) is 1. The van der Waals surface area contributed by atoms with E-state index < -0.39 is 0 Å². The van der Waals surface area contributed by atoms with Crippen molar-refractivity contribution < 1.29 is 4.74 Å². The Hall–Kier alpha value is -1.49. The van der Waals surface area contributed by atoms with Crippen LogP contribution in [0.3, 0.4) is 0 Å². The van der Waals surface area contributed by atoms with E-state index in [0.29, 0.717) is 5.82 Å². The van der Waals surface area contributed by atoms with Gasteiger partial charge in [0.15, 0.2) is 0 Å². The van der Waals surface area contributed by atoms with Gasteiger partial charge in [-0.25, -0.2) is 0 Å². The summed E-state index contributed by atoms with van der Waals surface area (Å²) in [6.45, 7) is 4.07. The van der Waals surface area contributed by atoms with Gasteiger partial charge in [-0.2, -0.15) is 5.10 Å². The number of nitrogen functional groups attached to an aromatic ring is 1. The fourth-order valence-corrected chi connectivity index (χ4v) is 2.60. The Bertz CT molecular complexity index is 605. The molecular formula is C13H16BrN3O. The quantitative estimate of drug-likeness (QED) is 0.927. The van der Waals surface area contributed by atoms with Gasteiger partial charge >= 0.3 is 0 Å². The highest BCUT2D eigenvalue weighted by molar-refractivity contribution is 9.10. The summed E-state index contributed by atoms with van der Waals surface area (Å²) in [5.41, 5.74) is 10.1. The lowest BCUT2D eigenvalue weighted by Gasteiger charge is -2.15. The maximum absolute atomic E-state index is 6.05. The molecule has 2 N–H and O–H groups in total. The Morgan fingerprint density at radius 3 is 2.50 bits per heavy atom. The number of rotatable bonds is 2. The molecule has 0 saturated heterocycles. The lowest BCUT2D eigenvalue weighted by atomic mass is 10.0. The first-order chi connectivity index (χ1) is 8.47. The zero-order valence-electron chi connectivity index (χ0n) is 10.9. The summed E-state index contributed by atoms with van der Waals surface area (Å²) < 4.78 is 8.15. The first kappa shape index (κ1) is 13.0. The van der Waals surface area contributed by atoms with Gasteiger partial charge in [-0.1, -0.05) is 6.07 Å². The van der Waals surface area contributed by atoms with E-state index in [1.807, 2.05) is 20.9 Å². The number of methoxy groups -OCH3 is 1. The van der Waals surface area contributed by atoms with Crippen LogP contribution < -0.4 is 10.5 Å². The second-order valence-electron chi connectivity index (χ2n) is 4.30. The van der Waals surface area contributed by atoms with Crippen LogP contribution in [0.2, 0.25) is 0 Å². The fourth-order valence-electron chi connectivity index (χ4n) is 2.09. The van der Waals surface area contributed by atoms with Crippen molar-refractivity contribution in [2.24, 2.45) is 7.05 Å². The van der Waals surface area contributed by atoms with Crippen LogP contribution in [-0.2, 0) is 7.05 Å². The summed E-state index contributed by atoms with van der Waals surface area (Å²) in [5, 5.41) is 4.18. The minimum absolute atomic E-state index is 0.624. The van der Waals surface area contributed by atoms with Gasteiger partial charge in [0.05, 0.1) is 13.3 Å². The number of hydrogen-bond acceptors (Lipinski definition) is 3. The molecule has 96 valence electrons. The van der Waals surface area contributed by atoms with Crippen LogP contribution in [0.25, 0.3) is 11.1 Å². The number of aryl methyl sites for hydroxylation is 3. The molecular weight excluding hydrogens is 294 g/mol. The topological polar surface area (TPSA) is 53.1 Å². The first-order valence-electron chi connectivity index (χ1n) is 5.59. The molecule has 18 heavy (non-hydrogen) atoms. The zero-order chi connectivity index (χ0) is 13.4. The number of aromatic nitrogens is 2. The summed E-state index contributed by atoms with van der Waals surface area (Å²) in [6, 6.07) is 2.08. The van der Waals surface area contributed by atoms with Crippen molar-refractivity contribution in [3.8, 4) is 16.9 Å². The molecule has 0 fully saturated rings. The van der Waals surface area contributed by atoms with Gasteiger partial charge in [0.2, 0.25) is 0 Å². The van der Waals surface area contributed by atoms with E-state index in [0.717, 1.165) is 32.5 Å². The van der Waals surface area contributed by atoms with Crippen molar-refractivity contribution in [2.75, 3.05) is 12.8 Å². The molecule has 2 aromatic rings. The molecule has 0 bridgehead atoms. The predicted octanol–water partition coefficient (Wildman–Crippen LogP) is 3.06. The highest BCUT2D eigenvalue weighted by atomic mass is 79.9. The molecule has 0 atom stereocenters. The Balaban J connectivity index is 2.81. The monoisotopic (exact) mass is 309 g/mol. The standard InChI is InChI=1S/C13H16BrN3O/c1-7-5-8(2)12(18-4)10(11(7)14)9-6-16-17(3)13(9)15/h5-6H,15H2,1-4H3. The average Bonchev–Trinajstić information content (AvgIpc) is 2.65. The number of hydrogen-bond donors (Lipinski definition) is 1. The molecule has 0 aliphatic carbocycles. The molecule has 0 spiro atoms. The second-order valence-corrected chi connectivity index (χ2v) is 5.09. The van der Waals surface area contributed by atoms with E-state index in [9.17, 15) is 0 Å². The largest absolute Gasteiger partial charge is 0.496 e. The summed E-state index contributed by atoms with van der Waals surface area (Å²) in [6.07, 6.45) is 1.76. The molecule has 0 radical (unpaired) electrons. The van der Waals surface area contributed by atoms with Gasteiger partial charge in [0.25, 0.3) is 0 Å². The highest BCUT2D eigenvalue weighted by Gasteiger charge is 2.19. The normalized spacial score (nSPS) is 10.7. The molecule has 1 aromatic carbocycles. The van der Waals surface area contributed by atoms with Gasteiger partial charge in [-0.05, 0) is 40.9 Å². The SMILES string of the molecule is COc1c(C)cc(C)c(Br)c1-c1cnn(C)c1N. The van der Waals surface area contributed by atoms with Crippen LogP contribution in [-0.4, -0.2) is 16.9 Å². The van der Waals surface area contributed by atoms with E-state index >= 15 is 0 Å². The lowest BCUT2D eigenvalue weighted by molar-refractivity contribution is 0.413. The van der Waals surface area contributed by atoms with Crippen molar-refractivity contribution in [3.63, 3.8) is 0 Å². The molecule has 0 saturated carbocycles. The lowest BCUT2D eigenvalue weighted by Crippen LogP contribution is -2.00. The van der Waals surface area contributed by atoms with Crippen molar-refractivity contribution in [2.45, 2.75) is 13.8 Å². The molecule has 2 rings (SSSR count). The maximum atomic E-state index is 6.05. The zero-order valence-corrected chi connectivity index (χ0v) is 12.5. The molecule has 0 aliphatic heterocycles. The number of halogens is 1. The van der Waals surface area contributed by atoms with E-state index in [1.54, 1.807) is 18.0 Å². The highest BCUT2D eigenvalue weighted by Crippen LogP contribution is 2.42. The predicted molar refractivity (Wildman–Crippen MR) is 76.8 cm³/mol. The number of anilines is 1. The van der Waals surface area contributed by atoms with Crippen molar-refractivity contribution >= 4 is 21.7 Å². The van der Waals surface area contributed by atoms with Crippen molar-refractivity contribution in [1.82, 2.24) is 9.78 Å². The van der Waals surface area contributed by atoms with Crippen molar-refractivity contribution in [3.05, 3.63) is 27.9 Å². The molecule has 1 heterocycles. The molecule has 0 aliphatic rings. The number of nitrogens with zero attached hydrogens (tertiary/aromatic N) is 2. The summed E-state index contributed by atoms with van der Waals surface area (Å²) in [5.74, 6) is 1.45. The summed E-state index contributed by atoms with van der Waals surface area (Å²) in [4.78, 5) is 0. The average molecular weight is 310 g/mol. The van der Waals surface area contributed by atoms with Crippen molar-refractivity contribution in [1.29, 1.82) is 0 Å². The summed E-state index contributed by atoms with van der Waals surface area (Å²) >= 11 is 3.61. The number of ether oxygens (including phenoxy) is 1. The van der Waals surface area contributed by atoms with E-state index in [1.165, 1.54) is 0 Å². The summed E-state index contributed by atoms with van der Waals surface area (Å²) in [7, 11) is 3.49. The molecule has 0 unspecified atom stereocenters. The third kappa shape index (κ3) is 1.88. The Morgan fingerprint density at radius 1 is 1.33 bits per heavy atom. The Morgan fingerprint density at radius 2 is 2.00 bits per heavy atom. The van der Waals surface area contributed by atoms with Gasteiger partial charge in [0, 0.05) is 22.6 Å². The molecule has 1 aromatic heterocycles. The Kier molecular flexibility index (Phi) is 3.34. The third-order valence-electron chi connectivity index (χ3n) is 3.04. The minimum Gasteiger partial charge on any atom is -0.496 e.